The Morgan fingerprint density at radius 1 is 1.17 bits per heavy atom. The van der Waals surface area contributed by atoms with E-state index in [1.165, 1.54) is 0 Å². The third kappa shape index (κ3) is 4.26. The molecule has 0 spiro atoms. The summed E-state index contributed by atoms with van der Waals surface area (Å²) < 4.78 is 5.11. The fourth-order valence-electron chi connectivity index (χ4n) is 2.59. The number of anilines is 1. The normalized spacial score (nSPS) is 13.0. The lowest BCUT2D eigenvalue weighted by molar-refractivity contribution is 0.0804. The third-order valence-electron chi connectivity index (χ3n) is 4.03. The van der Waals surface area contributed by atoms with Crippen LogP contribution in [0, 0.1) is 0 Å². The van der Waals surface area contributed by atoms with Crippen molar-refractivity contribution < 1.29 is 14.6 Å². The van der Waals surface area contributed by atoms with Crippen molar-refractivity contribution in [1.29, 1.82) is 0 Å². The maximum absolute atomic E-state index is 12.5. The van der Waals surface area contributed by atoms with Crippen molar-refractivity contribution in [1.82, 2.24) is 4.90 Å². The average molecular weight is 328 g/mol. The number of aliphatic hydroxyl groups excluding tert-OH is 1. The van der Waals surface area contributed by atoms with Gasteiger partial charge in [0.15, 0.2) is 0 Å². The Bertz CT molecular complexity index is 643. The lowest BCUT2D eigenvalue weighted by Crippen LogP contribution is -2.44. The van der Waals surface area contributed by atoms with Crippen LogP contribution >= 0.6 is 0 Å². The fourth-order valence-corrected chi connectivity index (χ4v) is 2.59. The van der Waals surface area contributed by atoms with E-state index in [4.69, 9.17) is 4.74 Å². The number of likely N-dealkylation sites (N-methyl/N-ethyl adjacent to an activating group) is 1. The van der Waals surface area contributed by atoms with Crippen molar-refractivity contribution in [3.05, 3.63) is 60.2 Å². The predicted octanol–water partition coefficient (Wildman–Crippen LogP) is 3.67. The van der Waals surface area contributed by atoms with Crippen LogP contribution in [0.25, 0.3) is 0 Å². The van der Waals surface area contributed by atoms with Gasteiger partial charge in [-0.3, -0.25) is 0 Å². The van der Waals surface area contributed by atoms with E-state index in [0.717, 1.165) is 11.3 Å². The molecule has 0 saturated heterocycles. The topological polar surface area (TPSA) is 61.8 Å². The maximum atomic E-state index is 12.5. The Balaban J connectivity index is 2.06. The minimum absolute atomic E-state index is 0.245. The lowest BCUT2D eigenvalue weighted by Gasteiger charge is -2.31. The molecule has 0 aliphatic carbocycles. The van der Waals surface area contributed by atoms with Gasteiger partial charge >= 0.3 is 6.03 Å². The number of urea groups is 1. The predicted molar refractivity (Wildman–Crippen MR) is 95.3 cm³/mol. The van der Waals surface area contributed by atoms with Crippen LogP contribution in [0.3, 0.4) is 0 Å². The Morgan fingerprint density at radius 2 is 1.79 bits per heavy atom. The second-order valence-corrected chi connectivity index (χ2v) is 5.54. The van der Waals surface area contributed by atoms with Crippen LogP contribution in [-0.4, -0.2) is 35.7 Å². The number of nitrogens with zero attached hydrogens (tertiary/aromatic N) is 1. The number of amides is 2. The Hall–Kier alpha value is -2.53. The van der Waals surface area contributed by atoms with Crippen LogP contribution < -0.4 is 10.1 Å². The Kier molecular flexibility index (Phi) is 6.21. The number of hydrogen-bond donors (Lipinski definition) is 2. The van der Waals surface area contributed by atoms with E-state index in [1.54, 1.807) is 36.3 Å². The summed E-state index contributed by atoms with van der Waals surface area (Å²) in [6, 6.07) is 15.9. The molecule has 0 saturated carbocycles. The zero-order valence-corrected chi connectivity index (χ0v) is 14.3. The van der Waals surface area contributed by atoms with E-state index in [9.17, 15) is 9.90 Å². The van der Waals surface area contributed by atoms with Crippen LogP contribution in [0.5, 0.6) is 5.75 Å². The molecule has 0 aliphatic heterocycles. The number of carbonyl (C=O) groups is 1. The minimum atomic E-state index is -0.743. The molecule has 0 bridgehead atoms. The van der Waals surface area contributed by atoms with Gasteiger partial charge in [0.1, 0.15) is 5.75 Å². The number of carbonyl (C=O) groups excluding carboxylic acids is 1. The molecule has 2 rings (SSSR count). The first kappa shape index (κ1) is 17.8. The number of rotatable bonds is 6. The van der Waals surface area contributed by atoms with Gasteiger partial charge in [-0.1, -0.05) is 30.3 Å². The SMILES string of the molecule is CCN(C(=O)Nc1ccc(OC)cc1)[C@H](C)[C@H](O)c1ccccc1. The quantitative estimate of drug-likeness (QED) is 0.850. The highest BCUT2D eigenvalue weighted by molar-refractivity contribution is 5.89. The Labute approximate surface area is 142 Å². The summed E-state index contributed by atoms with van der Waals surface area (Å²) >= 11 is 0. The summed E-state index contributed by atoms with van der Waals surface area (Å²) in [6.45, 7) is 4.23. The summed E-state index contributed by atoms with van der Waals surface area (Å²) in [5.74, 6) is 0.730. The minimum Gasteiger partial charge on any atom is -0.497 e. The van der Waals surface area contributed by atoms with Gasteiger partial charge in [0.25, 0.3) is 0 Å². The fraction of sp³-hybridized carbons (Fsp3) is 0.316. The van der Waals surface area contributed by atoms with E-state index in [0.29, 0.717) is 12.2 Å². The van der Waals surface area contributed by atoms with Crippen LogP contribution in [-0.2, 0) is 0 Å². The monoisotopic (exact) mass is 328 g/mol. The first-order valence-corrected chi connectivity index (χ1v) is 8.01. The highest BCUT2D eigenvalue weighted by Crippen LogP contribution is 2.22. The van der Waals surface area contributed by atoms with Crippen molar-refractivity contribution in [3.8, 4) is 5.75 Å². The third-order valence-corrected chi connectivity index (χ3v) is 4.03. The first-order valence-electron chi connectivity index (χ1n) is 8.01. The molecule has 0 heterocycles. The van der Waals surface area contributed by atoms with Crippen LogP contribution in [0.1, 0.15) is 25.5 Å². The highest BCUT2D eigenvalue weighted by Gasteiger charge is 2.25. The van der Waals surface area contributed by atoms with Crippen LogP contribution in [0.15, 0.2) is 54.6 Å². The molecule has 0 fully saturated rings. The average Bonchev–Trinajstić information content (AvgIpc) is 2.63. The zero-order valence-electron chi connectivity index (χ0n) is 14.3. The molecule has 0 radical (unpaired) electrons. The lowest BCUT2D eigenvalue weighted by atomic mass is 10.0. The van der Waals surface area contributed by atoms with Crippen molar-refractivity contribution >= 4 is 11.7 Å². The standard InChI is InChI=1S/C19H24N2O3/c1-4-21(14(2)18(22)15-8-6-5-7-9-15)19(23)20-16-10-12-17(24-3)13-11-16/h5-14,18,22H,4H2,1-3H3,(H,20,23)/t14-,18+/m1/s1. The summed E-state index contributed by atoms with van der Waals surface area (Å²) in [5.41, 5.74) is 1.47. The molecular weight excluding hydrogens is 304 g/mol. The molecule has 5 heteroatoms. The Morgan fingerprint density at radius 3 is 2.33 bits per heavy atom. The molecule has 0 aromatic heterocycles. The van der Waals surface area contributed by atoms with Gasteiger partial charge in [0.05, 0.1) is 19.3 Å². The van der Waals surface area contributed by atoms with Gasteiger partial charge in [-0.25, -0.2) is 4.79 Å². The number of nitrogens with one attached hydrogen (secondary N) is 1. The molecule has 2 aromatic rings. The molecular formula is C19H24N2O3. The van der Waals surface area contributed by atoms with E-state index >= 15 is 0 Å². The van der Waals surface area contributed by atoms with E-state index in [-0.39, 0.29) is 12.1 Å². The number of ether oxygens (including phenoxy) is 1. The van der Waals surface area contributed by atoms with Crippen molar-refractivity contribution in [2.45, 2.75) is 26.0 Å². The molecule has 128 valence electrons. The number of hydrogen-bond acceptors (Lipinski definition) is 3. The number of aliphatic hydroxyl groups is 1. The van der Waals surface area contributed by atoms with Crippen molar-refractivity contribution in [2.75, 3.05) is 19.0 Å². The van der Waals surface area contributed by atoms with Gasteiger partial charge in [-0.15, -0.1) is 0 Å². The second-order valence-electron chi connectivity index (χ2n) is 5.54. The van der Waals surface area contributed by atoms with Crippen molar-refractivity contribution in [3.63, 3.8) is 0 Å². The van der Waals surface area contributed by atoms with E-state index in [1.807, 2.05) is 44.2 Å². The molecule has 0 unspecified atom stereocenters. The van der Waals surface area contributed by atoms with Crippen LogP contribution in [0.4, 0.5) is 10.5 Å². The van der Waals surface area contributed by atoms with Gasteiger partial charge < -0.3 is 20.1 Å². The van der Waals surface area contributed by atoms with Gasteiger partial charge in [0, 0.05) is 12.2 Å². The summed E-state index contributed by atoms with van der Waals surface area (Å²) in [4.78, 5) is 14.2. The number of benzene rings is 2. The smallest absolute Gasteiger partial charge is 0.322 e. The maximum Gasteiger partial charge on any atom is 0.322 e. The second kappa shape index (κ2) is 8.36. The van der Waals surface area contributed by atoms with Crippen molar-refractivity contribution in [2.24, 2.45) is 0 Å². The molecule has 0 aliphatic rings. The molecule has 2 amide bonds. The molecule has 2 atom stereocenters. The number of methoxy groups -OCH3 is 1. The zero-order chi connectivity index (χ0) is 17.5. The summed E-state index contributed by atoms with van der Waals surface area (Å²) in [7, 11) is 1.60. The summed E-state index contributed by atoms with van der Waals surface area (Å²) in [6.07, 6.45) is -0.743. The molecule has 5 nitrogen and oxygen atoms in total. The largest absolute Gasteiger partial charge is 0.497 e. The van der Waals surface area contributed by atoms with Gasteiger partial charge in [-0.05, 0) is 43.7 Å². The molecule has 2 aromatic carbocycles. The highest BCUT2D eigenvalue weighted by atomic mass is 16.5. The van der Waals surface area contributed by atoms with E-state index < -0.39 is 6.10 Å². The van der Waals surface area contributed by atoms with E-state index in [2.05, 4.69) is 5.32 Å². The van der Waals surface area contributed by atoms with Gasteiger partial charge in [0.2, 0.25) is 0 Å². The summed E-state index contributed by atoms with van der Waals surface area (Å²) in [5, 5.41) is 13.4. The molecule has 24 heavy (non-hydrogen) atoms. The first-order chi connectivity index (χ1) is 11.6. The molecule has 2 N–H and O–H groups in total. The van der Waals surface area contributed by atoms with Crippen LogP contribution in [0.2, 0.25) is 0 Å². The van der Waals surface area contributed by atoms with Gasteiger partial charge in [-0.2, -0.15) is 0 Å².